The summed E-state index contributed by atoms with van der Waals surface area (Å²) >= 11 is 0. The van der Waals surface area contributed by atoms with Crippen LogP contribution >= 0.6 is 0 Å². The van der Waals surface area contributed by atoms with Gasteiger partial charge in [-0.2, -0.15) is 0 Å². The van der Waals surface area contributed by atoms with E-state index in [2.05, 4.69) is 0 Å². The second-order valence-electron chi connectivity index (χ2n) is 5.20. The number of likely N-dealkylation sites (tertiary alicyclic amines) is 1. The molecule has 124 valence electrons. The van der Waals surface area contributed by atoms with Crippen LogP contribution < -0.4 is 5.73 Å². The summed E-state index contributed by atoms with van der Waals surface area (Å²) in [5.41, 5.74) is 4.78. The number of hydrogen-bond donors (Lipinski definition) is 1. The van der Waals surface area contributed by atoms with E-state index >= 15 is 0 Å². The van der Waals surface area contributed by atoms with Crippen LogP contribution in [0.3, 0.4) is 0 Å². The summed E-state index contributed by atoms with van der Waals surface area (Å²) in [5.74, 6) is -4.18. The smallest absolute Gasteiger partial charge is 0.341 e. The number of nitrogens with zero attached hydrogens (tertiary/aromatic N) is 1. The second-order valence-corrected chi connectivity index (χ2v) is 5.20. The quantitative estimate of drug-likeness (QED) is 0.836. The number of esters is 1. The number of benzene rings is 1. The summed E-state index contributed by atoms with van der Waals surface area (Å²) in [6.45, 7) is -0.297. The van der Waals surface area contributed by atoms with Gasteiger partial charge < -0.3 is 15.4 Å². The van der Waals surface area contributed by atoms with Gasteiger partial charge in [-0.1, -0.05) is 0 Å². The highest BCUT2D eigenvalue weighted by molar-refractivity contribution is 5.92. The third kappa shape index (κ3) is 4.02. The monoisotopic (exact) mass is 326 g/mol. The first-order valence-corrected chi connectivity index (χ1v) is 7.11. The Morgan fingerprint density at radius 2 is 2.00 bits per heavy atom. The topological polar surface area (TPSA) is 89.7 Å². The zero-order valence-electron chi connectivity index (χ0n) is 12.3. The molecule has 0 saturated carbocycles. The summed E-state index contributed by atoms with van der Waals surface area (Å²) in [6.07, 6.45) is 1.95. The Morgan fingerprint density at radius 1 is 1.26 bits per heavy atom. The highest BCUT2D eigenvalue weighted by Gasteiger charge is 2.31. The van der Waals surface area contributed by atoms with Crippen molar-refractivity contribution in [3.8, 4) is 0 Å². The average Bonchev–Trinajstić information content (AvgIpc) is 2.52. The predicted molar refractivity (Wildman–Crippen MR) is 75.2 cm³/mol. The molecular weight excluding hydrogens is 310 g/mol. The minimum Gasteiger partial charge on any atom is -0.452 e. The van der Waals surface area contributed by atoms with Crippen LogP contribution in [-0.4, -0.2) is 41.9 Å². The van der Waals surface area contributed by atoms with Crippen molar-refractivity contribution < 1.29 is 27.9 Å². The number of carbonyl (C=O) groups excluding carboxylic acids is 3. The standard InChI is InChI=1S/C15H16F2N2O4/c16-9-4-5-10(11(17)7-9)15(22)23-8-13(20)19-6-2-1-3-12(19)14(18)21/h4-5,7,12H,1-3,6,8H2,(H2,18,21)/t12-/m0/s1. The van der Waals surface area contributed by atoms with Crippen LogP contribution in [0.25, 0.3) is 0 Å². The van der Waals surface area contributed by atoms with E-state index in [1.807, 2.05) is 0 Å². The van der Waals surface area contributed by atoms with Crippen molar-refractivity contribution in [3.05, 3.63) is 35.4 Å². The molecule has 2 amide bonds. The van der Waals surface area contributed by atoms with Gasteiger partial charge in [0.05, 0.1) is 5.56 Å². The van der Waals surface area contributed by atoms with Gasteiger partial charge in [0.15, 0.2) is 6.61 Å². The van der Waals surface area contributed by atoms with E-state index in [-0.39, 0.29) is 0 Å². The molecule has 0 spiro atoms. The Hall–Kier alpha value is -2.51. The lowest BCUT2D eigenvalue weighted by atomic mass is 10.0. The predicted octanol–water partition coefficient (Wildman–Crippen LogP) is 0.988. The fraction of sp³-hybridized carbons (Fsp3) is 0.400. The molecule has 6 nitrogen and oxygen atoms in total. The number of halogens is 2. The molecular formula is C15H16F2N2O4. The summed E-state index contributed by atoms with van der Waals surface area (Å²) < 4.78 is 31.0. The first kappa shape index (κ1) is 16.9. The van der Waals surface area contributed by atoms with Crippen molar-refractivity contribution in [2.75, 3.05) is 13.2 Å². The van der Waals surface area contributed by atoms with Gasteiger partial charge in [0.1, 0.15) is 17.7 Å². The largest absolute Gasteiger partial charge is 0.452 e. The number of hydrogen-bond acceptors (Lipinski definition) is 4. The molecule has 1 aliphatic rings. The lowest BCUT2D eigenvalue weighted by molar-refractivity contribution is -0.143. The van der Waals surface area contributed by atoms with Crippen molar-refractivity contribution in [2.45, 2.75) is 25.3 Å². The molecule has 1 atom stereocenters. The Labute approximate surface area is 131 Å². The number of ether oxygens (including phenoxy) is 1. The first-order chi connectivity index (χ1) is 10.9. The van der Waals surface area contributed by atoms with Gasteiger partial charge in [-0.15, -0.1) is 0 Å². The molecule has 2 N–H and O–H groups in total. The van der Waals surface area contributed by atoms with Crippen molar-refractivity contribution in [1.82, 2.24) is 4.90 Å². The molecule has 1 heterocycles. The molecule has 0 aromatic heterocycles. The van der Waals surface area contributed by atoms with Crippen molar-refractivity contribution in [1.29, 1.82) is 0 Å². The van der Waals surface area contributed by atoms with Gasteiger partial charge >= 0.3 is 5.97 Å². The number of piperidine rings is 1. The molecule has 23 heavy (non-hydrogen) atoms. The Morgan fingerprint density at radius 3 is 2.65 bits per heavy atom. The molecule has 8 heteroatoms. The van der Waals surface area contributed by atoms with Gasteiger partial charge in [-0.3, -0.25) is 9.59 Å². The number of amides is 2. The molecule has 1 aromatic rings. The molecule has 0 unspecified atom stereocenters. The number of carbonyl (C=O) groups is 3. The van der Waals surface area contributed by atoms with E-state index in [4.69, 9.17) is 10.5 Å². The SMILES string of the molecule is NC(=O)[C@@H]1CCCCN1C(=O)COC(=O)c1ccc(F)cc1F. The minimum absolute atomic E-state index is 0.342. The maximum absolute atomic E-state index is 13.5. The first-order valence-electron chi connectivity index (χ1n) is 7.11. The third-order valence-corrected chi connectivity index (χ3v) is 3.63. The number of nitrogens with two attached hydrogens (primary N) is 1. The van der Waals surface area contributed by atoms with E-state index in [9.17, 15) is 23.2 Å². The molecule has 2 rings (SSSR count). The second kappa shape index (κ2) is 7.17. The average molecular weight is 326 g/mol. The zero-order chi connectivity index (χ0) is 17.0. The van der Waals surface area contributed by atoms with Crippen LogP contribution in [0.4, 0.5) is 8.78 Å². The minimum atomic E-state index is -1.08. The lowest BCUT2D eigenvalue weighted by Gasteiger charge is -2.33. The number of primary amides is 1. The van der Waals surface area contributed by atoms with E-state index in [1.165, 1.54) is 4.90 Å². The van der Waals surface area contributed by atoms with E-state index < -0.39 is 47.6 Å². The highest BCUT2D eigenvalue weighted by Crippen LogP contribution is 2.17. The Balaban J connectivity index is 1.97. The normalized spacial score (nSPS) is 17.7. The molecule has 1 saturated heterocycles. The van der Waals surface area contributed by atoms with Crippen LogP contribution in [-0.2, 0) is 14.3 Å². The van der Waals surface area contributed by atoms with Crippen LogP contribution in [0.1, 0.15) is 29.6 Å². The van der Waals surface area contributed by atoms with Crippen LogP contribution in [0.15, 0.2) is 18.2 Å². The molecule has 0 radical (unpaired) electrons. The molecule has 1 aromatic carbocycles. The summed E-state index contributed by atoms with van der Waals surface area (Å²) in [4.78, 5) is 36.4. The van der Waals surface area contributed by atoms with Gasteiger partial charge in [-0.05, 0) is 31.4 Å². The van der Waals surface area contributed by atoms with Gasteiger partial charge in [0, 0.05) is 12.6 Å². The Bertz CT molecular complexity index is 636. The Kier molecular flexibility index (Phi) is 5.25. The fourth-order valence-corrected chi connectivity index (χ4v) is 2.47. The van der Waals surface area contributed by atoms with Crippen LogP contribution in [0.2, 0.25) is 0 Å². The lowest BCUT2D eigenvalue weighted by Crippen LogP contribution is -2.51. The maximum atomic E-state index is 13.5. The van der Waals surface area contributed by atoms with Crippen molar-refractivity contribution >= 4 is 17.8 Å². The third-order valence-electron chi connectivity index (χ3n) is 3.63. The molecule has 0 bridgehead atoms. The van der Waals surface area contributed by atoms with E-state index in [0.29, 0.717) is 19.0 Å². The molecule has 0 aliphatic carbocycles. The van der Waals surface area contributed by atoms with Gasteiger partial charge in [0.25, 0.3) is 5.91 Å². The summed E-state index contributed by atoms with van der Waals surface area (Å²) in [7, 11) is 0. The number of rotatable bonds is 4. The van der Waals surface area contributed by atoms with Gasteiger partial charge in [-0.25, -0.2) is 13.6 Å². The van der Waals surface area contributed by atoms with Crippen LogP contribution in [0.5, 0.6) is 0 Å². The van der Waals surface area contributed by atoms with Crippen molar-refractivity contribution in [2.24, 2.45) is 5.73 Å². The summed E-state index contributed by atoms with van der Waals surface area (Å²) in [6, 6.07) is 1.67. The molecule has 1 aliphatic heterocycles. The van der Waals surface area contributed by atoms with Crippen molar-refractivity contribution in [3.63, 3.8) is 0 Å². The maximum Gasteiger partial charge on any atom is 0.341 e. The summed E-state index contributed by atoms with van der Waals surface area (Å²) in [5, 5.41) is 0. The molecule has 1 fully saturated rings. The van der Waals surface area contributed by atoms with Crippen LogP contribution in [0, 0.1) is 11.6 Å². The van der Waals surface area contributed by atoms with E-state index in [0.717, 1.165) is 25.0 Å². The zero-order valence-corrected chi connectivity index (χ0v) is 12.3. The highest BCUT2D eigenvalue weighted by atomic mass is 19.1. The fourth-order valence-electron chi connectivity index (χ4n) is 2.47. The van der Waals surface area contributed by atoms with E-state index in [1.54, 1.807) is 0 Å². The van der Waals surface area contributed by atoms with Gasteiger partial charge in [0.2, 0.25) is 5.91 Å².